The maximum atomic E-state index is 6.00. The van der Waals surface area contributed by atoms with Gasteiger partial charge in [-0.15, -0.1) is 0 Å². The number of anilines is 1. The minimum absolute atomic E-state index is 0.397. The van der Waals surface area contributed by atoms with Gasteiger partial charge in [0.1, 0.15) is 5.75 Å². The lowest BCUT2D eigenvalue weighted by molar-refractivity contribution is 0.0342. The SMILES string of the molecule is COc1ccc(NC(N)=NCc2cccc(CN3CCOCC3)c2)cc1. The van der Waals surface area contributed by atoms with E-state index in [0.717, 1.165) is 49.8 Å². The van der Waals surface area contributed by atoms with Crippen molar-refractivity contribution < 1.29 is 9.47 Å². The van der Waals surface area contributed by atoms with Crippen LogP contribution >= 0.6 is 0 Å². The largest absolute Gasteiger partial charge is 0.497 e. The Balaban J connectivity index is 1.55. The van der Waals surface area contributed by atoms with Crippen molar-refractivity contribution in [1.82, 2.24) is 4.90 Å². The molecule has 2 aromatic rings. The second-order valence-corrected chi connectivity index (χ2v) is 6.26. The number of methoxy groups -OCH3 is 1. The van der Waals surface area contributed by atoms with Gasteiger partial charge in [-0.05, 0) is 35.4 Å². The van der Waals surface area contributed by atoms with Gasteiger partial charge in [0.05, 0.1) is 26.9 Å². The Morgan fingerprint density at radius 2 is 1.88 bits per heavy atom. The third kappa shape index (κ3) is 5.47. The van der Waals surface area contributed by atoms with E-state index < -0.39 is 0 Å². The van der Waals surface area contributed by atoms with Crippen LogP contribution in [0.25, 0.3) is 0 Å². The Bertz CT molecular complexity index is 725. The third-order valence-electron chi connectivity index (χ3n) is 4.30. The number of nitrogens with one attached hydrogen (secondary N) is 1. The molecule has 0 radical (unpaired) electrons. The van der Waals surface area contributed by atoms with Crippen LogP contribution in [0.15, 0.2) is 53.5 Å². The topological polar surface area (TPSA) is 72.1 Å². The van der Waals surface area contributed by atoms with Crippen LogP contribution in [-0.4, -0.2) is 44.3 Å². The molecule has 26 heavy (non-hydrogen) atoms. The van der Waals surface area contributed by atoms with Crippen molar-refractivity contribution in [3.05, 3.63) is 59.7 Å². The van der Waals surface area contributed by atoms with Gasteiger partial charge in [-0.25, -0.2) is 4.99 Å². The zero-order chi connectivity index (χ0) is 18.2. The van der Waals surface area contributed by atoms with Crippen LogP contribution in [0, 0.1) is 0 Å². The number of morpholine rings is 1. The van der Waals surface area contributed by atoms with Crippen molar-refractivity contribution in [3.63, 3.8) is 0 Å². The van der Waals surface area contributed by atoms with Gasteiger partial charge in [0, 0.05) is 25.3 Å². The highest BCUT2D eigenvalue weighted by atomic mass is 16.5. The summed E-state index contributed by atoms with van der Waals surface area (Å²) in [4.78, 5) is 6.85. The van der Waals surface area contributed by atoms with E-state index in [1.807, 2.05) is 24.3 Å². The Kier molecular flexibility index (Phi) is 6.46. The lowest BCUT2D eigenvalue weighted by atomic mass is 10.1. The Morgan fingerprint density at radius 3 is 2.62 bits per heavy atom. The van der Waals surface area contributed by atoms with E-state index in [2.05, 4.69) is 39.5 Å². The summed E-state index contributed by atoms with van der Waals surface area (Å²) in [6, 6.07) is 16.1. The Labute approximate surface area is 154 Å². The van der Waals surface area contributed by atoms with E-state index in [1.165, 1.54) is 5.56 Å². The number of aliphatic imine (C=N–C) groups is 1. The van der Waals surface area contributed by atoms with Gasteiger partial charge in [-0.3, -0.25) is 4.90 Å². The molecule has 1 fully saturated rings. The first-order valence-corrected chi connectivity index (χ1v) is 8.82. The molecule has 6 heteroatoms. The number of ether oxygens (including phenoxy) is 2. The van der Waals surface area contributed by atoms with Crippen LogP contribution in [0.5, 0.6) is 5.75 Å². The number of benzene rings is 2. The summed E-state index contributed by atoms with van der Waals surface area (Å²) in [7, 11) is 1.64. The highest BCUT2D eigenvalue weighted by molar-refractivity contribution is 5.92. The van der Waals surface area contributed by atoms with E-state index >= 15 is 0 Å². The summed E-state index contributed by atoms with van der Waals surface area (Å²) in [6.07, 6.45) is 0. The first-order chi connectivity index (χ1) is 12.7. The van der Waals surface area contributed by atoms with Crippen LogP contribution < -0.4 is 15.8 Å². The van der Waals surface area contributed by atoms with Gasteiger partial charge in [-0.2, -0.15) is 0 Å². The van der Waals surface area contributed by atoms with Gasteiger partial charge in [0.15, 0.2) is 5.96 Å². The Hall–Kier alpha value is -2.57. The highest BCUT2D eigenvalue weighted by Gasteiger charge is 2.10. The molecule has 6 nitrogen and oxygen atoms in total. The fourth-order valence-corrected chi connectivity index (χ4v) is 2.88. The predicted octanol–water partition coefficient (Wildman–Crippen LogP) is 2.45. The number of guanidine groups is 1. The van der Waals surface area contributed by atoms with Crippen molar-refractivity contribution >= 4 is 11.6 Å². The molecule has 1 saturated heterocycles. The standard InChI is InChI=1S/C20H26N4O2/c1-25-19-7-5-18(6-8-19)23-20(21)22-14-16-3-2-4-17(13-16)15-24-9-11-26-12-10-24/h2-8,13H,9-12,14-15H2,1H3,(H3,21,22,23). The lowest BCUT2D eigenvalue weighted by Crippen LogP contribution is -2.35. The molecule has 0 aliphatic carbocycles. The number of hydrogen-bond acceptors (Lipinski definition) is 4. The number of rotatable bonds is 6. The molecule has 0 aromatic heterocycles. The smallest absolute Gasteiger partial charge is 0.193 e. The zero-order valence-electron chi connectivity index (χ0n) is 15.1. The van der Waals surface area contributed by atoms with Gasteiger partial charge in [0.25, 0.3) is 0 Å². The lowest BCUT2D eigenvalue weighted by Gasteiger charge is -2.26. The summed E-state index contributed by atoms with van der Waals surface area (Å²) in [5.41, 5.74) is 9.32. The molecular formula is C20H26N4O2. The van der Waals surface area contributed by atoms with Gasteiger partial charge in [-0.1, -0.05) is 24.3 Å². The second-order valence-electron chi connectivity index (χ2n) is 6.26. The first-order valence-electron chi connectivity index (χ1n) is 8.82. The zero-order valence-corrected chi connectivity index (χ0v) is 15.1. The molecule has 3 N–H and O–H groups in total. The molecule has 138 valence electrons. The average Bonchev–Trinajstić information content (AvgIpc) is 2.68. The second kappa shape index (κ2) is 9.22. The van der Waals surface area contributed by atoms with E-state index in [-0.39, 0.29) is 0 Å². The van der Waals surface area contributed by atoms with Crippen LogP contribution in [-0.2, 0) is 17.8 Å². The van der Waals surface area contributed by atoms with Crippen molar-refractivity contribution in [2.45, 2.75) is 13.1 Å². The monoisotopic (exact) mass is 354 g/mol. The van der Waals surface area contributed by atoms with Gasteiger partial charge in [0.2, 0.25) is 0 Å². The van der Waals surface area contributed by atoms with Crippen LogP contribution in [0.1, 0.15) is 11.1 Å². The first kappa shape index (κ1) is 18.2. The highest BCUT2D eigenvalue weighted by Crippen LogP contribution is 2.15. The third-order valence-corrected chi connectivity index (χ3v) is 4.30. The van der Waals surface area contributed by atoms with Crippen molar-refractivity contribution in [3.8, 4) is 5.75 Å². The molecular weight excluding hydrogens is 328 g/mol. The quantitative estimate of drug-likeness (QED) is 0.616. The molecule has 2 aromatic carbocycles. The van der Waals surface area contributed by atoms with E-state index in [0.29, 0.717) is 12.5 Å². The van der Waals surface area contributed by atoms with E-state index in [1.54, 1.807) is 7.11 Å². The summed E-state index contributed by atoms with van der Waals surface area (Å²) in [5.74, 6) is 1.21. The number of nitrogens with zero attached hydrogens (tertiary/aromatic N) is 2. The van der Waals surface area contributed by atoms with Crippen LogP contribution in [0.2, 0.25) is 0 Å². The minimum atomic E-state index is 0.397. The van der Waals surface area contributed by atoms with Gasteiger partial charge >= 0.3 is 0 Å². The molecule has 1 aliphatic rings. The molecule has 0 unspecified atom stereocenters. The molecule has 0 atom stereocenters. The molecule has 0 saturated carbocycles. The van der Waals surface area contributed by atoms with Crippen molar-refractivity contribution in [2.75, 3.05) is 38.7 Å². The fraction of sp³-hybridized carbons (Fsp3) is 0.350. The van der Waals surface area contributed by atoms with E-state index in [9.17, 15) is 0 Å². The van der Waals surface area contributed by atoms with Crippen LogP contribution in [0.4, 0.5) is 5.69 Å². The van der Waals surface area contributed by atoms with Crippen molar-refractivity contribution in [1.29, 1.82) is 0 Å². The molecule has 1 aliphatic heterocycles. The normalized spacial score (nSPS) is 15.7. The molecule has 0 spiro atoms. The maximum Gasteiger partial charge on any atom is 0.193 e. The molecule has 3 rings (SSSR count). The van der Waals surface area contributed by atoms with E-state index in [4.69, 9.17) is 15.2 Å². The Morgan fingerprint density at radius 1 is 1.15 bits per heavy atom. The molecule has 0 amide bonds. The summed E-state index contributed by atoms with van der Waals surface area (Å²) in [5, 5.41) is 3.09. The van der Waals surface area contributed by atoms with Crippen molar-refractivity contribution in [2.24, 2.45) is 10.7 Å². The fourth-order valence-electron chi connectivity index (χ4n) is 2.88. The summed E-state index contributed by atoms with van der Waals surface area (Å²) < 4.78 is 10.5. The minimum Gasteiger partial charge on any atom is -0.497 e. The van der Waals surface area contributed by atoms with Crippen LogP contribution in [0.3, 0.4) is 0 Å². The summed E-state index contributed by atoms with van der Waals surface area (Å²) >= 11 is 0. The average molecular weight is 354 g/mol. The maximum absolute atomic E-state index is 6.00. The molecule has 0 bridgehead atoms. The molecule has 1 heterocycles. The number of nitrogens with two attached hydrogens (primary N) is 1. The van der Waals surface area contributed by atoms with Gasteiger partial charge < -0.3 is 20.5 Å². The predicted molar refractivity (Wildman–Crippen MR) is 104 cm³/mol. The summed E-state index contributed by atoms with van der Waals surface area (Å²) in [6.45, 7) is 5.10. The number of hydrogen-bond donors (Lipinski definition) is 2.